The van der Waals surface area contributed by atoms with Crippen LogP contribution in [-0.2, 0) is 4.74 Å². The van der Waals surface area contributed by atoms with Gasteiger partial charge in [0.2, 0.25) is 0 Å². The van der Waals surface area contributed by atoms with Gasteiger partial charge in [-0.25, -0.2) is 0 Å². The van der Waals surface area contributed by atoms with Crippen molar-refractivity contribution in [2.75, 3.05) is 13.8 Å². The van der Waals surface area contributed by atoms with Crippen LogP contribution in [0.15, 0.2) is 24.3 Å². The number of hydrogen-bond donors (Lipinski definition) is 3. The van der Waals surface area contributed by atoms with Crippen LogP contribution >= 0.6 is 0 Å². The maximum absolute atomic E-state index is 11.4. The number of ether oxygens (including phenoxy) is 1. The molecule has 0 fully saturated rings. The first kappa shape index (κ1) is 11.7. The number of rotatable bonds is 4. The van der Waals surface area contributed by atoms with Gasteiger partial charge in [-0.3, -0.25) is 4.79 Å². The van der Waals surface area contributed by atoms with E-state index in [1.807, 2.05) is 0 Å². The van der Waals surface area contributed by atoms with E-state index in [2.05, 4.69) is 10.1 Å². The molecule has 6 heteroatoms. The number of carbonyl (C=O) groups excluding carboxylic acids is 1. The Morgan fingerprint density at radius 3 is 2.47 bits per heavy atom. The molecule has 0 heterocycles. The molecule has 15 heavy (non-hydrogen) atoms. The smallest absolute Gasteiger partial charge is 0.423 e. The van der Waals surface area contributed by atoms with E-state index in [1.165, 1.54) is 31.4 Å². The van der Waals surface area contributed by atoms with Crippen molar-refractivity contribution in [2.24, 2.45) is 0 Å². The number of hydrogen-bond acceptors (Lipinski definition) is 4. The molecule has 0 bridgehead atoms. The second-order valence-corrected chi connectivity index (χ2v) is 2.93. The monoisotopic (exact) mass is 209 g/mol. The van der Waals surface area contributed by atoms with Gasteiger partial charge in [0.15, 0.2) is 0 Å². The lowest BCUT2D eigenvalue weighted by molar-refractivity contribution is 0.0872. The van der Waals surface area contributed by atoms with E-state index in [9.17, 15) is 4.79 Å². The Bertz CT molecular complexity index is 325. The fourth-order valence-corrected chi connectivity index (χ4v) is 1.05. The Kier molecular flexibility index (Phi) is 4.29. The van der Waals surface area contributed by atoms with E-state index in [0.29, 0.717) is 11.0 Å². The molecule has 3 N–H and O–H groups in total. The summed E-state index contributed by atoms with van der Waals surface area (Å²) in [5, 5.41) is 20.2. The van der Waals surface area contributed by atoms with Crippen molar-refractivity contribution in [1.82, 2.24) is 5.32 Å². The number of methoxy groups -OCH3 is 1. The Morgan fingerprint density at radius 1 is 1.40 bits per heavy atom. The van der Waals surface area contributed by atoms with Gasteiger partial charge in [-0.15, -0.1) is 0 Å². The summed E-state index contributed by atoms with van der Waals surface area (Å²) in [6.45, 7) is 0.142. The molecule has 0 spiro atoms. The van der Waals surface area contributed by atoms with Gasteiger partial charge in [0.05, 0.1) is 0 Å². The number of carbonyl (C=O) groups is 1. The highest BCUT2D eigenvalue weighted by Gasteiger charge is 2.11. The Hall–Kier alpha value is -1.37. The zero-order valence-electron chi connectivity index (χ0n) is 8.30. The van der Waals surface area contributed by atoms with Gasteiger partial charge < -0.3 is 20.1 Å². The van der Waals surface area contributed by atoms with Gasteiger partial charge in [0.25, 0.3) is 5.91 Å². The van der Waals surface area contributed by atoms with Gasteiger partial charge in [0, 0.05) is 12.7 Å². The summed E-state index contributed by atoms with van der Waals surface area (Å²) < 4.78 is 4.68. The van der Waals surface area contributed by atoms with Crippen molar-refractivity contribution in [3.63, 3.8) is 0 Å². The minimum absolute atomic E-state index is 0.142. The molecule has 1 aromatic carbocycles. The first-order valence-corrected chi connectivity index (χ1v) is 4.38. The van der Waals surface area contributed by atoms with Crippen molar-refractivity contribution >= 4 is 18.5 Å². The highest BCUT2D eigenvalue weighted by atomic mass is 16.5. The van der Waals surface area contributed by atoms with Crippen LogP contribution in [0.4, 0.5) is 0 Å². The van der Waals surface area contributed by atoms with E-state index in [0.717, 1.165) is 0 Å². The first-order chi connectivity index (χ1) is 7.15. The molecule has 0 saturated carbocycles. The summed E-state index contributed by atoms with van der Waals surface area (Å²) in [6, 6.07) is 5.98. The molecule has 1 amide bonds. The third kappa shape index (κ3) is 3.36. The van der Waals surface area contributed by atoms with Crippen LogP contribution in [0.1, 0.15) is 10.4 Å². The Labute approximate surface area is 87.8 Å². The van der Waals surface area contributed by atoms with Crippen LogP contribution in [0.25, 0.3) is 0 Å². The number of benzene rings is 1. The molecular formula is C9H12BNO4. The summed E-state index contributed by atoms with van der Waals surface area (Å²) >= 11 is 0. The maximum Gasteiger partial charge on any atom is 0.488 e. The largest absolute Gasteiger partial charge is 0.488 e. The molecule has 0 aliphatic carbocycles. The fraction of sp³-hybridized carbons (Fsp3) is 0.222. The van der Waals surface area contributed by atoms with Gasteiger partial charge in [-0.2, -0.15) is 0 Å². The molecule has 5 nitrogen and oxygen atoms in total. The van der Waals surface area contributed by atoms with Crippen LogP contribution in [0.5, 0.6) is 0 Å². The molecule has 1 aromatic rings. The van der Waals surface area contributed by atoms with Crippen LogP contribution in [-0.4, -0.2) is 36.9 Å². The maximum atomic E-state index is 11.4. The molecule has 80 valence electrons. The average Bonchev–Trinajstić information content (AvgIpc) is 2.26. The Balaban J connectivity index is 2.67. The third-order valence-electron chi connectivity index (χ3n) is 1.85. The van der Waals surface area contributed by atoms with Gasteiger partial charge in [-0.1, -0.05) is 12.1 Å². The molecule has 0 radical (unpaired) electrons. The highest BCUT2D eigenvalue weighted by Crippen LogP contribution is 1.96. The van der Waals surface area contributed by atoms with Crippen molar-refractivity contribution in [3.05, 3.63) is 29.8 Å². The van der Waals surface area contributed by atoms with Crippen molar-refractivity contribution < 1.29 is 19.6 Å². The van der Waals surface area contributed by atoms with Gasteiger partial charge >= 0.3 is 7.12 Å². The quantitative estimate of drug-likeness (QED) is 0.425. The van der Waals surface area contributed by atoms with Crippen molar-refractivity contribution in [2.45, 2.75) is 0 Å². The molecule has 1 rings (SSSR count). The zero-order valence-corrected chi connectivity index (χ0v) is 8.30. The molecule has 0 atom stereocenters. The van der Waals surface area contributed by atoms with Gasteiger partial charge in [-0.05, 0) is 17.6 Å². The SMILES string of the molecule is COCNC(=O)c1ccc(B(O)O)cc1. The standard InChI is InChI=1S/C9H12BNO4/c1-15-6-11-9(12)7-2-4-8(5-3-7)10(13)14/h2-5,13-14H,6H2,1H3,(H,11,12). The lowest BCUT2D eigenvalue weighted by Gasteiger charge is -2.04. The van der Waals surface area contributed by atoms with E-state index < -0.39 is 7.12 Å². The van der Waals surface area contributed by atoms with E-state index in [1.54, 1.807) is 0 Å². The molecule has 0 unspecified atom stereocenters. The van der Waals surface area contributed by atoms with Crippen LogP contribution < -0.4 is 10.8 Å². The predicted molar refractivity (Wildman–Crippen MR) is 55.6 cm³/mol. The summed E-state index contributed by atoms with van der Waals surface area (Å²) in [4.78, 5) is 11.4. The molecular weight excluding hydrogens is 197 g/mol. The molecule has 0 aliphatic rings. The minimum Gasteiger partial charge on any atom is -0.423 e. The molecule has 0 aliphatic heterocycles. The third-order valence-corrected chi connectivity index (χ3v) is 1.85. The predicted octanol–water partition coefficient (Wildman–Crippen LogP) is -1.30. The number of nitrogens with one attached hydrogen (secondary N) is 1. The van der Waals surface area contributed by atoms with E-state index in [4.69, 9.17) is 10.0 Å². The van der Waals surface area contributed by atoms with Crippen molar-refractivity contribution in [1.29, 1.82) is 0 Å². The highest BCUT2D eigenvalue weighted by molar-refractivity contribution is 6.58. The lowest BCUT2D eigenvalue weighted by atomic mass is 9.80. The second kappa shape index (κ2) is 5.50. The first-order valence-electron chi connectivity index (χ1n) is 4.38. The van der Waals surface area contributed by atoms with E-state index >= 15 is 0 Å². The normalized spacial score (nSPS) is 9.80. The van der Waals surface area contributed by atoms with Gasteiger partial charge in [0.1, 0.15) is 6.73 Å². The summed E-state index contributed by atoms with van der Waals surface area (Å²) in [6.07, 6.45) is 0. The average molecular weight is 209 g/mol. The fourth-order valence-electron chi connectivity index (χ4n) is 1.05. The zero-order chi connectivity index (χ0) is 11.3. The Morgan fingerprint density at radius 2 is 2.00 bits per heavy atom. The minimum atomic E-state index is -1.51. The molecule has 0 saturated heterocycles. The number of amides is 1. The second-order valence-electron chi connectivity index (χ2n) is 2.93. The summed E-state index contributed by atoms with van der Waals surface area (Å²) in [5.41, 5.74) is 0.787. The summed E-state index contributed by atoms with van der Waals surface area (Å²) in [5.74, 6) is -0.268. The van der Waals surface area contributed by atoms with Crippen LogP contribution in [0.2, 0.25) is 0 Å². The van der Waals surface area contributed by atoms with E-state index in [-0.39, 0.29) is 12.6 Å². The summed E-state index contributed by atoms with van der Waals surface area (Å²) in [7, 11) is -0.0352. The lowest BCUT2D eigenvalue weighted by Crippen LogP contribution is -2.30. The van der Waals surface area contributed by atoms with Crippen LogP contribution in [0.3, 0.4) is 0 Å². The topological polar surface area (TPSA) is 78.8 Å². The van der Waals surface area contributed by atoms with Crippen molar-refractivity contribution in [3.8, 4) is 0 Å². The molecule has 0 aromatic heterocycles. The van der Waals surface area contributed by atoms with Crippen LogP contribution in [0, 0.1) is 0 Å².